The number of carbonyl (C=O) groups excluding carboxylic acids is 1. The van der Waals surface area contributed by atoms with E-state index in [0.717, 1.165) is 25.7 Å². The molecule has 1 aromatic carbocycles. The van der Waals surface area contributed by atoms with E-state index in [1.165, 1.54) is 31.4 Å². The van der Waals surface area contributed by atoms with Crippen LogP contribution < -0.4 is 5.32 Å². The first-order valence-electron chi connectivity index (χ1n) is 7.31. The summed E-state index contributed by atoms with van der Waals surface area (Å²) in [5, 5.41) is 12.0. The van der Waals surface area contributed by atoms with Gasteiger partial charge in [-0.15, -0.1) is 0 Å². The topological polar surface area (TPSA) is 66.4 Å². The van der Waals surface area contributed by atoms with Crippen LogP contribution in [0.15, 0.2) is 24.3 Å². The fraction of sp³-hybridized carbons (Fsp3) is 0.500. The molecular weight excluding hydrogens is 254 g/mol. The zero-order chi connectivity index (χ0) is 14.4. The minimum atomic E-state index is -1.01. The van der Waals surface area contributed by atoms with Gasteiger partial charge in [0.15, 0.2) is 0 Å². The Labute approximate surface area is 119 Å². The summed E-state index contributed by atoms with van der Waals surface area (Å²) in [6.07, 6.45) is 8.11. The van der Waals surface area contributed by atoms with E-state index in [4.69, 9.17) is 5.11 Å². The maximum absolute atomic E-state index is 12.2. The van der Waals surface area contributed by atoms with E-state index >= 15 is 0 Å². The first-order valence-corrected chi connectivity index (χ1v) is 7.31. The van der Waals surface area contributed by atoms with E-state index < -0.39 is 5.97 Å². The maximum Gasteiger partial charge on any atom is 0.335 e. The van der Waals surface area contributed by atoms with Gasteiger partial charge in [0.2, 0.25) is 0 Å². The van der Waals surface area contributed by atoms with Crippen molar-refractivity contribution in [2.24, 2.45) is 0 Å². The number of aromatic carboxylic acids is 1. The number of hydrogen-bond acceptors (Lipinski definition) is 2. The molecule has 0 heterocycles. The molecular formula is C16H21NO3. The van der Waals surface area contributed by atoms with Gasteiger partial charge in [-0.1, -0.05) is 38.2 Å². The Morgan fingerprint density at radius 3 is 2.25 bits per heavy atom. The molecule has 0 bridgehead atoms. The number of amides is 1. The summed E-state index contributed by atoms with van der Waals surface area (Å²) in [4.78, 5) is 23.1. The van der Waals surface area contributed by atoms with Crippen molar-refractivity contribution in [3.63, 3.8) is 0 Å². The Balaban J connectivity index is 1.99. The summed E-state index contributed by atoms with van der Waals surface area (Å²) < 4.78 is 0. The van der Waals surface area contributed by atoms with Crippen LogP contribution in [0.25, 0.3) is 0 Å². The second-order valence-electron chi connectivity index (χ2n) is 5.40. The van der Waals surface area contributed by atoms with Crippen molar-refractivity contribution in [1.29, 1.82) is 0 Å². The van der Waals surface area contributed by atoms with Crippen LogP contribution in [0.5, 0.6) is 0 Å². The van der Waals surface area contributed by atoms with Gasteiger partial charge < -0.3 is 10.4 Å². The van der Waals surface area contributed by atoms with Crippen molar-refractivity contribution >= 4 is 11.9 Å². The van der Waals surface area contributed by atoms with Crippen LogP contribution in [0, 0.1) is 0 Å². The zero-order valence-electron chi connectivity index (χ0n) is 11.6. The summed E-state index contributed by atoms with van der Waals surface area (Å²) in [6.45, 7) is 0. The third-order valence-corrected chi connectivity index (χ3v) is 3.81. The number of nitrogens with one attached hydrogen (secondary N) is 1. The Hall–Kier alpha value is -1.84. The van der Waals surface area contributed by atoms with E-state index in [0.29, 0.717) is 5.56 Å². The third kappa shape index (κ3) is 4.08. The molecule has 0 aromatic heterocycles. The Bertz CT molecular complexity index is 476. The molecule has 1 fully saturated rings. The van der Waals surface area contributed by atoms with Crippen molar-refractivity contribution in [3.05, 3.63) is 35.4 Å². The van der Waals surface area contributed by atoms with Crippen molar-refractivity contribution in [2.75, 3.05) is 0 Å². The lowest BCUT2D eigenvalue weighted by atomic mass is 9.96. The largest absolute Gasteiger partial charge is 0.478 e. The normalized spacial score (nSPS) is 17.0. The molecule has 1 aliphatic carbocycles. The molecule has 0 spiro atoms. The average molecular weight is 275 g/mol. The Morgan fingerprint density at radius 2 is 1.60 bits per heavy atom. The summed E-state index contributed by atoms with van der Waals surface area (Å²) in [5.74, 6) is -1.18. The second kappa shape index (κ2) is 7.08. The van der Waals surface area contributed by atoms with Crippen LogP contribution >= 0.6 is 0 Å². The van der Waals surface area contributed by atoms with Gasteiger partial charge in [-0.2, -0.15) is 0 Å². The Morgan fingerprint density at radius 1 is 1.00 bits per heavy atom. The van der Waals surface area contributed by atoms with Gasteiger partial charge in [0.1, 0.15) is 0 Å². The average Bonchev–Trinajstić information content (AvgIpc) is 2.41. The lowest BCUT2D eigenvalue weighted by molar-refractivity contribution is 0.0697. The summed E-state index contributed by atoms with van der Waals surface area (Å²) in [7, 11) is 0. The van der Waals surface area contributed by atoms with Gasteiger partial charge in [0, 0.05) is 11.6 Å². The quantitative estimate of drug-likeness (QED) is 0.890. The molecule has 1 amide bonds. The van der Waals surface area contributed by atoms with E-state index in [1.54, 1.807) is 12.1 Å². The first-order chi connectivity index (χ1) is 9.66. The fourth-order valence-electron chi connectivity index (χ4n) is 2.66. The van der Waals surface area contributed by atoms with E-state index in [9.17, 15) is 9.59 Å². The zero-order valence-corrected chi connectivity index (χ0v) is 11.6. The highest BCUT2D eigenvalue weighted by molar-refractivity contribution is 5.97. The van der Waals surface area contributed by atoms with Gasteiger partial charge in [-0.05, 0) is 31.0 Å². The second-order valence-corrected chi connectivity index (χ2v) is 5.40. The van der Waals surface area contributed by atoms with Crippen molar-refractivity contribution in [2.45, 2.75) is 51.0 Å². The molecule has 0 aliphatic heterocycles. The first kappa shape index (κ1) is 14.6. The molecule has 2 rings (SSSR count). The highest BCUT2D eigenvalue weighted by Gasteiger charge is 2.16. The van der Waals surface area contributed by atoms with Crippen LogP contribution in [0.4, 0.5) is 0 Å². The van der Waals surface area contributed by atoms with Crippen molar-refractivity contribution < 1.29 is 14.7 Å². The van der Waals surface area contributed by atoms with Crippen LogP contribution in [0.2, 0.25) is 0 Å². The molecule has 2 N–H and O–H groups in total. The molecule has 1 saturated carbocycles. The SMILES string of the molecule is O=C(O)c1cccc(C(=O)NC2CCCCCCC2)c1. The van der Waals surface area contributed by atoms with Crippen LogP contribution in [-0.2, 0) is 0 Å². The van der Waals surface area contributed by atoms with Gasteiger partial charge in [0.25, 0.3) is 5.91 Å². The number of hydrogen-bond donors (Lipinski definition) is 2. The van der Waals surface area contributed by atoms with Crippen LogP contribution in [0.1, 0.15) is 65.7 Å². The van der Waals surface area contributed by atoms with E-state index in [-0.39, 0.29) is 17.5 Å². The van der Waals surface area contributed by atoms with Crippen molar-refractivity contribution in [3.8, 4) is 0 Å². The summed E-state index contributed by atoms with van der Waals surface area (Å²) >= 11 is 0. The lowest BCUT2D eigenvalue weighted by Gasteiger charge is -2.21. The van der Waals surface area contributed by atoms with Crippen LogP contribution in [0.3, 0.4) is 0 Å². The molecule has 108 valence electrons. The summed E-state index contributed by atoms with van der Waals surface area (Å²) in [6, 6.07) is 6.41. The van der Waals surface area contributed by atoms with Gasteiger partial charge in [-0.25, -0.2) is 4.79 Å². The molecule has 1 aromatic rings. The Kier molecular flexibility index (Phi) is 5.16. The predicted molar refractivity (Wildman–Crippen MR) is 77.0 cm³/mol. The van der Waals surface area contributed by atoms with Crippen molar-refractivity contribution in [1.82, 2.24) is 5.32 Å². The molecule has 1 aliphatic rings. The number of benzene rings is 1. The molecule has 0 radical (unpaired) electrons. The maximum atomic E-state index is 12.2. The lowest BCUT2D eigenvalue weighted by Crippen LogP contribution is -2.35. The van der Waals surface area contributed by atoms with E-state index in [1.807, 2.05) is 0 Å². The minimum Gasteiger partial charge on any atom is -0.478 e. The standard InChI is InChI=1S/C16H21NO3/c18-15(12-7-6-8-13(11-12)16(19)20)17-14-9-4-2-1-3-5-10-14/h6-8,11,14H,1-5,9-10H2,(H,17,18)(H,19,20). The molecule has 0 saturated heterocycles. The number of carboxylic acids is 1. The number of rotatable bonds is 3. The number of carbonyl (C=O) groups is 2. The fourth-order valence-corrected chi connectivity index (χ4v) is 2.66. The molecule has 4 heteroatoms. The highest BCUT2D eigenvalue weighted by Crippen LogP contribution is 2.17. The number of carboxylic acid groups (broad SMARTS) is 1. The highest BCUT2D eigenvalue weighted by atomic mass is 16.4. The summed E-state index contributed by atoms with van der Waals surface area (Å²) in [5.41, 5.74) is 0.572. The van der Waals surface area contributed by atoms with Gasteiger partial charge in [0.05, 0.1) is 5.56 Å². The monoisotopic (exact) mass is 275 g/mol. The molecule has 20 heavy (non-hydrogen) atoms. The molecule has 0 atom stereocenters. The van der Waals surface area contributed by atoms with E-state index in [2.05, 4.69) is 5.32 Å². The van der Waals surface area contributed by atoms with Gasteiger partial charge in [-0.3, -0.25) is 4.79 Å². The predicted octanol–water partition coefficient (Wildman–Crippen LogP) is 3.23. The van der Waals surface area contributed by atoms with Crippen LogP contribution in [-0.4, -0.2) is 23.0 Å². The smallest absolute Gasteiger partial charge is 0.335 e. The minimum absolute atomic E-state index is 0.148. The van der Waals surface area contributed by atoms with Gasteiger partial charge >= 0.3 is 5.97 Å². The molecule has 4 nitrogen and oxygen atoms in total. The third-order valence-electron chi connectivity index (χ3n) is 3.81. The molecule has 0 unspecified atom stereocenters.